The van der Waals surface area contributed by atoms with E-state index in [2.05, 4.69) is 0 Å². The highest BCUT2D eigenvalue weighted by atomic mass is 16.5. The van der Waals surface area contributed by atoms with E-state index in [0.29, 0.717) is 12.4 Å². The summed E-state index contributed by atoms with van der Waals surface area (Å²) in [7, 11) is 0. The largest absolute Gasteiger partial charge is 0.497 e. The fourth-order valence-corrected chi connectivity index (χ4v) is 2.42. The number of ketones is 1. The highest BCUT2D eigenvalue weighted by molar-refractivity contribution is 6.04. The van der Waals surface area contributed by atoms with Gasteiger partial charge in [0.15, 0.2) is 5.78 Å². The van der Waals surface area contributed by atoms with E-state index in [9.17, 15) is 4.79 Å². The van der Waals surface area contributed by atoms with Gasteiger partial charge in [0.2, 0.25) is 0 Å². The van der Waals surface area contributed by atoms with E-state index in [4.69, 9.17) is 4.74 Å². The lowest BCUT2D eigenvalue weighted by Crippen LogP contribution is -2.42. The maximum Gasteiger partial charge on any atom is 0.172 e. The lowest BCUT2D eigenvalue weighted by molar-refractivity contribution is -0.130. The first-order valence-corrected chi connectivity index (χ1v) is 5.19. The zero-order valence-corrected chi connectivity index (χ0v) is 8.14. The zero-order valence-electron chi connectivity index (χ0n) is 8.14. The van der Waals surface area contributed by atoms with Crippen molar-refractivity contribution >= 4 is 5.78 Å². The molecule has 1 spiro atoms. The molecule has 0 unspecified atom stereocenters. The molecule has 13 heavy (non-hydrogen) atoms. The Morgan fingerprint density at radius 2 is 2.08 bits per heavy atom. The molecule has 2 heteroatoms. The van der Waals surface area contributed by atoms with Gasteiger partial charge < -0.3 is 4.74 Å². The number of hydrogen-bond donors (Lipinski definition) is 0. The molecule has 0 heterocycles. The van der Waals surface area contributed by atoms with Crippen molar-refractivity contribution in [3.63, 3.8) is 0 Å². The van der Waals surface area contributed by atoms with Gasteiger partial charge in [0.05, 0.1) is 12.0 Å². The minimum Gasteiger partial charge on any atom is -0.497 e. The average Bonchev–Trinajstić information content (AvgIpc) is 2.19. The monoisotopic (exact) mass is 180 g/mol. The van der Waals surface area contributed by atoms with Gasteiger partial charge in [-0.15, -0.1) is 0 Å². The first-order chi connectivity index (χ1) is 6.29. The van der Waals surface area contributed by atoms with Crippen molar-refractivity contribution in [3.8, 4) is 0 Å². The number of carbonyl (C=O) groups excluding carboxylic acids is 1. The van der Waals surface area contributed by atoms with E-state index >= 15 is 0 Å². The molecule has 2 nitrogen and oxygen atoms in total. The quantitative estimate of drug-likeness (QED) is 0.652. The summed E-state index contributed by atoms with van der Waals surface area (Å²) >= 11 is 0. The minimum atomic E-state index is -0.172. The Hall–Kier alpha value is -0.790. The lowest BCUT2D eigenvalue weighted by atomic mass is 9.63. The van der Waals surface area contributed by atoms with Crippen LogP contribution in [0.1, 0.15) is 39.0 Å². The predicted octanol–water partition coefficient (Wildman–Crippen LogP) is 2.44. The number of carbonyl (C=O) groups is 1. The molecule has 0 aliphatic heterocycles. The van der Waals surface area contributed by atoms with Crippen LogP contribution in [0.2, 0.25) is 0 Å². The van der Waals surface area contributed by atoms with E-state index in [1.54, 1.807) is 6.08 Å². The summed E-state index contributed by atoms with van der Waals surface area (Å²) in [6, 6.07) is 0. The van der Waals surface area contributed by atoms with Gasteiger partial charge in [0, 0.05) is 6.08 Å². The molecule has 0 bridgehead atoms. The van der Waals surface area contributed by atoms with Gasteiger partial charge in [-0.3, -0.25) is 4.79 Å². The zero-order chi connectivity index (χ0) is 9.31. The number of allylic oxidation sites excluding steroid dienone is 2. The van der Waals surface area contributed by atoms with E-state index in [-0.39, 0.29) is 5.41 Å². The predicted molar refractivity (Wildman–Crippen MR) is 50.2 cm³/mol. The topological polar surface area (TPSA) is 26.3 Å². The molecule has 2 aliphatic carbocycles. The fourth-order valence-electron chi connectivity index (χ4n) is 2.42. The number of ether oxygens (including phenoxy) is 1. The Labute approximate surface area is 79.0 Å². The van der Waals surface area contributed by atoms with Crippen molar-refractivity contribution in [3.05, 3.63) is 11.8 Å². The Morgan fingerprint density at radius 1 is 1.38 bits per heavy atom. The summed E-state index contributed by atoms with van der Waals surface area (Å²) in [5.41, 5.74) is -0.172. The molecule has 0 atom stereocenters. The van der Waals surface area contributed by atoms with Crippen molar-refractivity contribution in [2.75, 3.05) is 6.61 Å². The van der Waals surface area contributed by atoms with Crippen molar-refractivity contribution in [1.29, 1.82) is 0 Å². The molecule has 2 aliphatic rings. The Bertz CT molecular complexity index is 247. The van der Waals surface area contributed by atoms with Crippen LogP contribution in [0.4, 0.5) is 0 Å². The maximum atomic E-state index is 11.5. The highest BCUT2D eigenvalue weighted by Crippen LogP contribution is 2.49. The Kier molecular flexibility index (Phi) is 2.14. The lowest BCUT2D eigenvalue weighted by Gasteiger charge is -2.41. The summed E-state index contributed by atoms with van der Waals surface area (Å²) in [5, 5.41) is 0. The van der Waals surface area contributed by atoms with Crippen molar-refractivity contribution in [1.82, 2.24) is 0 Å². The molecule has 0 aromatic rings. The van der Waals surface area contributed by atoms with E-state index in [1.807, 2.05) is 6.92 Å². The second kappa shape index (κ2) is 3.17. The molecule has 1 saturated carbocycles. The minimum absolute atomic E-state index is 0.172. The first-order valence-electron chi connectivity index (χ1n) is 5.19. The van der Waals surface area contributed by atoms with Crippen molar-refractivity contribution in [2.45, 2.75) is 39.0 Å². The van der Waals surface area contributed by atoms with Gasteiger partial charge in [0.1, 0.15) is 5.76 Å². The van der Waals surface area contributed by atoms with Crippen LogP contribution in [0.25, 0.3) is 0 Å². The summed E-state index contributed by atoms with van der Waals surface area (Å²) in [5.74, 6) is 1.26. The average molecular weight is 180 g/mol. The third-order valence-corrected chi connectivity index (χ3v) is 3.21. The molecular weight excluding hydrogens is 164 g/mol. The normalized spacial score (nSPS) is 25.3. The van der Waals surface area contributed by atoms with Crippen LogP contribution in [0.3, 0.4) is 0 Å². The molecule has 72 valence electrons. The van der Waals surface area contributed by atoms with Crippen LogP contribution in [0, 0.1) is 5.41 Å². The maximum absolute atomic E-state index is 11.5. The molecule has 0 amide bonds. The van der Waals surface area contributed by atoms with Gasteiger partial charge in [-0.2, -0.15) is 0 Å². The molecule has 0 aromatic heterocycles. The molecule has 1 fully saturated rings. The first kappa shape index (κ1) is 8.79. The standard InChI is InChI=1S/C11H16O2/c1-2-13-10-8-9(12)11(10)6-4-3-5-7-11/h8H,2-7H2,1H3. The SMILES string of the molecule is CCOC1=CC(=O)C12CCCCC2. The van der Waals surface area contributed by atoms with Crippen molar-refractivity contribution < 1.29 is 9.53 Å². The van der Waals surface area contributed by atoms with Crippen LogP contribution in [0.5, 0.6) is 0 Å². The molecule has 0 saturated heterocycles. The summed E-state index contributed by atoms with van der Waals surface area (Å²) in [4.78, 5) is 11.5. The van der Waals surface area contributed by atoms with Gasteiger partial charge in [-0.1, -0.05) is 19.3 Å². The summed E-state index contributed by atoms with van der Waals surface area (Å²) < 4.78 is 5.48. The Balaban J connectivity index is 2.13. The van der Waals surface area contributed by atoms with Gasteiger partial charge in [-0.05, 0) is 19.8 Å². The van der Waals surface area contributed by atoms with E-state index in [0.717, 1.165) is 18.6 Å². The van der Waals surface area contributed by atoms with E-state index < -0.39 is 0 Å². The second-order valence-electron chi connectivity index (χ2n) is 3.95. The van der Waals surface area contributed by atoms with Crippen LogP contribution < -0.4 is 0 Å². The van der Waals surface area contributed by atoms with Crippen LogP contribution >= 0.6 is 0 Å². The van der Waals surface area contributed by atoms with Gasteiger partial charge >= 0.3 is 0 Å². The number of hydrogen-bond acceptors (Lipinski definition) is 2. The second-order valence-corrected chi connectivity index (χ2v) is 3.95. The third-order valence-electron chi connectivity index (χ3n) is 3.21. The summed E-state index contributed by atoms with van der Waals surface area (Å²) in [6.45, 7) is 2.65. The van der Waals surface area contributed by atoms with Gasteiger partial charge in [0.25, 0.3) is 0 Å². The van der Waals surface area contributed by atoms with Crippen LogP contribution in [-0.2, 0) is 9.53 Å². The molecule has 2 rings (SSSR count). The highest BCUT2D eigenvalue weighted by Gasteiger charge is 2.49. The number of rotatable bonds is 2. The third kappa shape index (κ3) is 1.19. The fraction of sp³-hybridized carbons (Fsp3) is 0.727. The molecular formula is C11H16O2. The van der Waals surface area contributed by atoms with E-state index in [1.165, 1.54) is 19.3 Å². The van der Waals surface area contributed by atoms with Gasteiger partial charge in [-0.25, -0.2) is 0 Å². The Morgan fingerprint density at radius 3 is 2.62 bits per heavy atom. The van der Waals surface area contributed by atoms with Crippen LogP contribution in [-0.4, -0.2) is 12.4 Å². The summed E-state index contributed by atoms with van der Waals surface area (Å²) in [6.07, 6.45) is 7.32. The molecule has 0 radical (unpaired) electrons. The molecule has 0 aromatic carbocycles. The van der Waals surface area contributed by atoms with Crippen molar-refractivity contribution in [2.24, 2.45) is 5.41 Å². The smallest absolute Gasteiger partial charge is 0.172 e. The van der Waals surface area contributed by atoms with Crippen LogP contribution in [0.15, 0.2) is 11.8 Å². The molecule has 0 N–H and O–H groups in total.